The molecule has 0 bridgehead atoms. The number of nitrogens with one attached hydrogen (secondary N) is 2. The Hall–Kier alpha value is -1.48. The topological polar surface area (TPSA) is 81.7 Å². The van der Waals surface area contributed by atoms with Crippen LogP contribution >= 0.6 is 0 Å². The third-order valence-electron chi connectivity index (χ3n) is 5.51. The van der Waals surface area contributed by atoms with Crippen LogP contribution in [0.5, 0.6) is 0 Å². The van der Waals surface area contributed by atoms with E-state index in [1.807, 2.05) is 44.2 Å². The number of nitrogens with zero attached hydrogens (tertiary/aromatic N) is 2. The maximum absolute atomic E-state index is 13.0. The predicted octanol–water partition coefficient (Wildman–Crippen LogP) is 0.945. The number of piperidine rings is 1. The van der Waals surface area contributed by atoms with Gasteiger partial charge in [0.1, 0.15) is 5.25 Å². The lowest BCUT2D eigenvalue weighted by Crippen LogP contribution is -2.50. The van der Waals surface area contributed by atoms with E-state index in [-0.39, 0.29) is 23.9 Å². The molecule has 2 aliphatic rings. The van der Waals surface area contributed by atoms with Gasteiger partial charge in [-0.1, -0.05) is 18.2 Å². The number of sulfonamides is 1. The van der Waals surface area contributed by atoms with Gasteiger partial charge >= 0.3 is 0 Å². The third kappa shape index (κ3) is 3.64. The van der Waals surface area contributed by atoms with Crippen LogP contribution in [0.4, 0.5) is 5.69 Å². The van der Waals surface area contributed by atoms with Gasteiger partial charge in [-0.15, -0.1) is 0 Å². The molecule has 1 amide bonds. The van der Waals surface area contributed by atoms with Crippen molar-refractivity contribution in [1.29, 1.82) is 0 Å². The molecule has 8 heteroatoms. The summed E-state index contributed by atoms with van der Waals surface area (Å²) in [5.41, 5.74) is 6.88. The average molecular weight is 381 g/mol. The van der Waals surface area contributed by atoms with Crippen LogP contribution in [0.15, 0.2) is 30.3 Å². The van der Waals surface area contributed by atoms with E-state index in [1.165, 1.54) is 0 Å². The fourth-order valence-electron chi connectivity index (χ4n) is 3.96. The number of hydrogen-bond acceptors (Lipinski definition) is 5. The molecule has 144 valence electrons. The lowest BCUT2D eigenvalue weighted by Gasteiger charge is -2.35. The van der Waals surface area contributed by atoms with E-state index in [1.54, 1.807) is 16.3 Å². The number of benzene rings is 1. The van der Waals surface area contributed by atoms with Gasteiger partial charge in [0.05, 0.1) is 0 Å². The molecule has 26 heavy (non-hydrogen) atoms. The fraction of sp³-hybridized carbons (Fsp3) is 0.611. The van der Waals surface area contributed by atoms with E-state index in [0.29, 0.717) is 25.9 Å². The molecule has 0 radical (unpaired) electrons. The van der Waals surface area contributed by atoms with Crippen LogP contribution in [0, 0.1) is 5.92 Å². The summed E-state index contributed by atoms with van der Waals surface area (Å²) in [5, 5.41) is -0.484. The molecular formula is C18H28N4O3S. The summed E-state index contributed by atoms with van der Waals surface area (Å²) in [6.45, 7) is 4.56. The molecule has 2 unspecified atom stereocenters. The minimum absolute atomic E-state index is 0.0548. The molecule has 0 aliphatic carbocycles. The van der Waals surface area contributed by atoms with Crippen LogP contribution in [0.2, 0.25) is 0 Å². The number of rotatable bonds is 4. The molecule has 1 aromatic rings. The zero-order valence-electron chi connectivity index (χ0n) is 15.6. The number of anilines is 1. The molecule has 2 N–H and O–H groups in total. The molecule has 2 aliphatic heterocycles. The molecule has 0 aromatic heterocycles. The van der Waals surface area contributed by atoms with Crippen molar-refractivity contribution in [2.45, 2.75) is 44.0 Å². The molecule has 0 saturated carbocycles. The summed E-state index contributed by atoms with van der Waals surface area (Å²) in [7, 11) is -1.62. The predicted molar refractivity (Wildman–Crippen MR) is 102 cm³/mol. The van der Waals surface area contributed by atoms with Crippen LogP contribution in [0.1, 0.15) is 26.7 Å². The summed E-state index contributed by atoms with van der Waals surface area (Å²) in [6.07, 6.45) is 1.12. The second-order valence-electron chi connectivity index (χ2n) is 7.28. The molecule has 0 spiro atoms. The van der Waals surface area contributed by atoms with Crippen LogP contribution in [-0.2, 0) is 14.8 Å². The first-order chi connectivity index (χ1) is 12.3. The minimum atomic E-state index is -3.40. The highest BCUT2D eigenvalue weighted by Gasteiger charge is 2.44. The van der Waals surface area contributed by atoms with Gasteiger partial charge in [0, 0.05) is 43.8 Å². The quantitative estimate of drug-likeness (QED) is 0.813. The maximum Gasteiger partial charge on any atom is 0.229 e. The van der Waals surface area contributed by atoms with Gasteiger partial charge in [0.25, 0.3) is 0 Å². The van der Waals surface area contributed by atoms with Crippen molar-refractivity contribution in [1.82, 2.24) is 15.2 Å². The lowest BCUT2D eigenvalue weighted by molar-refractivity contribution is -0.123. The Morgan fingerprint density at radius 2 is 1.62 bits per heavy atom. The van der Waals surface area contributed by atoms with E-state index in [4.69, 9.17) is 0 Å². The highest BCUT2D eigenvalue weighted by molar-refractivity contribution is 7.89. The van der Waals surface area contributed by atoms with Crippen LogP contribution in [0.25, 0.3) is 0 Å². The van der Waals surface area contributed by atoms with Gasteiger partial charge < -0.3 is 4.90 Å². The van der Waals surface area contributed by atoms with Crippen molar-refractivity contribution in [2.75, 3.05) is 25.0 Å². The monoisotopic (exact) mass is 380 g/mol. The number of hydrogen-bond donors (Lipinski definition) is 2. The standard InChI is InChI=1S/C18H28N4O3S/c1-13-17(14(2)20-19-13)26(24,25)22-11-9-15(10-12-22)18(23)21(3)16-7-5-4-6-8-16/h4-8,13-15,17,19-20H,9-12H2,1-3H3. The van der Waals surface area contributed by atoms with Crippen LogP contribution in [-0.4, -0.2) is 56.1 Å². The smallest absolute Gasteiger partial charge is 0.229 e. The number of para-hydroxylation sites is 1. The lowest BCUT2D eigenvalue weighted by atomic mass is 9.96. The number of carbonyl (C=O) groups excluding carboxylic acids is 1. The normalized spacial score (nSPS) is 28.2. The van der Waals surface area contributed by atoms with E-state index < -0.39 is 15.3 Å². The molecule has 2 fully saturated rings. The summed E-state index contributed by atoms with van der Waals surface area (Å²) < 4.78 is 27.5. The Kier molecular flexibility index (Phi) is 5.67. The molecule has 2 saturated heterocycles. The Morgan fingerprint density at radius 1 is 1.08 bits per heavy atom. The van der Waals surface area contributed by atoms with E-state index in [9.17, 15) is 13.2 Å². The van der Waals surface area contributed by atoms with Gasteiger partial charge in [-0.05, 0) is 38.8 Å². The second kappa shape index (κ2) is 7.64. The summed E-state index contributed by atoms with van der Waals surface area (Å²) in [6, 6.07) is 9.25. The highest BCUT2D eigenvalue weighted by Crippen LogP contribution is 2.27. The Labute approximate surface area is 155 Å². The number of carbonyl (C=O) groups is 1. The van der Waals surface area contributed by atoms with Gasteiger partial charge in [-0.3, -0.25) is 15.6 Å². The molecule has 2 atom stereocenters. The Balaban J connectivity index is 1.63. The molecule has 7 nitrogen and oxygen atoms in total. The van der Waals surface area contributed by atoms with E-state index in [2.05, 4.69) is 10.9 Å². The summed E-state index contributed by atoms with van der Waals surface area (Å²) >= 11 is 0. The van der Waals surface area contributed by atoms with Crippen molar-refractivity contribution >= 4 is 21.6 Å². The van der Waals surface area contributed by atoms with Crippen molar-refractivity contribution < 1.29 is 13.2 Å². The highest BCUT2D eigenvalue weighted by atomic mass is 32.2. The molecule has 2 heterocycles. The second-order valence-corrected chi connectivity index (χ2v) is 9.37. The van der Waals surface area contributed by atoms with E-state index >= 15 is 0 Å². The van der Waals surface area contributed by atoms with Gasteiger partial charge in [-0.2, -0.15) is 0 Å². The zero-order chi connectivity index (χ0) is 18.9. The van der Waals surface area contributed by atoms with Gasteiger partial charge in [0.15, 0.2) is 0 Å². The van der Waals surface area contributed by atoms with Crippen molar-refractivity contribution in [3.63, 3.8) is 0 Å². The summed E-state index contributed by atoms with van der Waals surface area (Å²) in [5.74, 6) is -0.0829. The number of amides is 1. The Bertz CT molecular complexity index is 722. The third-order valence-corrected chi connectivity index (χ3v) is 8.09. The summed E-state index contributed by atoms with van der Waals surface area (Å²) in [4.78, 5) is 14.4. The molecular weight excluding hydrogens is 352 g/mol. The Morgan fingerprint density at radius 3 is 2.15 bits per heavy atom. The van der Waals surface area contributed by atoms with Gasteiger partial charge in [-0.25, -0.2) is 12.7 Å². The van der Waals surface area contributed by atoms with Crippen molar-refractivity contribution in [3.05, 3.63) is 30.3 Å². The van der Waals surface area contributed by atoms with E-state index in [0.717, 1.165) is 5.69 Å². The van der Waals surface area contributed by atoms with Crippen LogP contribution < -0.4 is 15.8 Å². The minimum Gasteiger partial charge on any atom is -0.315 e. The molecule has 1 aromatic carbocycles. The van der Waals surface area contributed by atoms with Crippen molar-refractivity contribution in [2.24, 2.45) is 5.92 Å². The first-order valence-electron chi connectivity index (χ1n) is 9.15. The van der Waals surface area contributed by atoms with Gasteiger partial charge in [0.2, 0.25) is 15.9 Å². The molecule has 3 rings (SSSR count). The van der Waals surface area contributed by atoms with Crippen molar-refractivity contribution in [3.8, 4) is 0 Å². The largest absolute Gasteiger partial charge is 0.315 e. The fourth-order valence-corrected chi connectivity index (χ4v) is 6.19. The average Bonchev–Trinajstić information content (AvgIpc) is 3.00. The maximum atomic E-state index is 13.0. The number of hydrazine groups is 1. The zero-order valence-corrected chi connectivity index (χ0v) is 16.4. The first kappa shape index (κ1) is 19.3. The SMILES string of the molecule is CC1NNC(C)C1S(=O)(=O)N1CCC(C(=O)N(C)c2ccccc2)CC1. The van der Waals surface area contributed by atoms with Crippen LogP contribution in [0.3, 0.4) is 0 Å². The first-order valence-corrected chi connectivity index (χ1v) is 10.7.